The summed E-state index contributed by atoms with van der Waals surface area (Å²) < 4.78 is 5.03. The number of thiocarbonyl (C=S) groups is 1. The van der Waals surface area contributed by atoms with Crippen molar-refractivity contribution in [2.45, 2.75) is 13.8 Å². The molecule has 0 fully saturated rings. The van der Waals surface area contributed by atoms with Crippen LogP contribution in [0.5, 0.6) is 0 Å². The summed E-state index contributed by atoms with van der Waals surface area (Å²) in [6.45, 7) is 4.49. The van der Waals surface area contributed by atoms with Crippen LogP contribution in [0.1, 0.15) is 13.8 Å². The molecule has 0 saturated carbocycles. The third kappa shape index (κ3) is 1.71. The Bertz CT molecular complexity index is 363. The quantitative estimate of drug-likeness (QED) is 0.674. The first-order valence-electron chi connectivity index (χ1n) is 4.66. The van der Waals surface area contributed by atoms with Crippen molar-refractivity contribution < 1.29 is 4.74 Å². The fourth-order valence-corrected chi connectivity index (χ4v) is 1.77. The first-order chi connectivity index (χ1) is 7.13. The van der Waals surface area contributed by atoms with Crippen LogP contribution in [0.25, 0.3) is 0 Å². The molecular weight excluding hydrogens is 212 g/mol. The smallest absolute Gasteiger partial charge is 0.145 e. The van der Waals surface area contributed by atoms with Crippen molar-refractivity contribution in [3.05, 3.63) is 23.3 Å². The first kappa shape index (κ1) is 10.4. The second-order valence-electron chi connectivity index (χ2n) is 3.52. The van der Waals surface area contributed by atoms with Crippen LogP contribution in [0, 0.1) is 0 Å². The summed E-state index contributed by atoms with van der Waals surface area (Å²) in [5.41, 5.74) is 5.27. The molecule has 82 valence electrons. The van der Waals surface area contributed by atoms with Gasteiger partial charge < -0.3 is 10.1 Å². The third-order valence-electron chi connectivity index (χ3n) is 2.42. The van der Waals surface area contributed by atoms with Crippen molar-refractivity contribution in [2.75, 3.05) is 13.8 Å². The lowest BCUT2D eigenvalue weighted by atomic mass is 10.2. The zero-order valence-corrected chi connectivity index (χ0v) is 9.81. The van der Waals surface area contributed by atoms with Gasteiger partial charge in [-0.2, -0.15) is 0 Å². The van der Waals surface area contributed by atoms with Crippen LogP contribution in [-0.2, 0) is 4.74 Å². The molecule has 0 aromatic carbocycles. The van der Waals surface area contributed by atoms with Gasteiger partial charge >= 0.3 is 0 Å². The van der Waals surface area contributed by atoms with Crippen molar-refractivity contribution in [1.29, 1.82) is 0 Å². The molecule has 0 spiro atoms. The Labute approximate surface area is 94.3 Å². The molecule has 0 bridgehead atoms. The summed E-state index contributed by atoms with van der Waals surface area (Å²) in [4.78, 5) is 0.788. The number of hydrogen-bond donors (Lipinski definition) is 2. The Hall–Kier alpha value is -1.11. The van der Waals surface area contributed by atoms with Gasteiger partial charge in [-0.15, -0.1) is 5.53 Å². The van der Waals surface area contributed by atoms with Gasteiger partial charge in [0.05, 0.1) is 6.20 Å². The Kier molecular flexibility index (Phi) is 2.64. The molecule has 2 heterocycles. The molecule has 0 saturated heterocycles. The number of allylic oxidation sites excluding steroid dienone is 1. The van der Waals surface area contributed by atoms with Crippen molar-refractivity contribution in [3.63, 3.8) is 0 Å². The van der Waals surface area contributed by atoms with Crippen LogP contribution in [-0.4, -0.2) is 28.8 Å². The van der Waals surface area contributed by atoms with Crippen LogP contribution in [0.2, 0.25) is 0 Å². The number of rotatable bonds is 2. The Morgan fingerprint density at radius 3 is 2.87 bits per heavy atom. The predicted octanol–water partition coefficient (Wildman–Crippen LogP) is 0.651. The molecule has 2 N–H and O–H groups in total. The average Bonchev–Trinajstić information content (AvgIpc) is 2.58. The highest BCUT2D eigenvalue weighted by Crippen LogP contribution is 2.21. The second kappa shape index (κ2) is 3.80. The maximum Gasteiger partial charge on any atom is 0.145 e. The van der Waals surface area contributed by atoms with Gasteiger partial charge in [-0.05, 0) is 13.8 Å². The number of fused-ring (bicyclic) bond motifs is 1. The Morgan fingerprint density at radius 2 is 2.20 bits per heavy atom. The van der Waals surface area contributed by atoms with E-state index in [-0.39, 0.29) is 0 Å². The minimum absolute atomic E-state index is 0.475. The van der Waals surface area contributed by atoms with Crippen molar-refractivity contribution >= 4 is 17.2 Å². The van der Waals surface area contributed by atoms with E-state index in [0.717, 1.165) is 22.1 Å². The molecule has 15 heavy (non-hydrogen) atoms. The molecule has 2 aliphatic rings. The first-order valence-corrected chi connectivity index (χ1v) is 5.07. The molecule has 2 rings (SSSR count). The SMILES string of the molecule is COCN1C=C2NC(C)=C(C)C(=S)N2N1. The summed E-state index contributed by atoms with van der Waals surface area (Å²) in [6.07, 6.45) is 1.92. The molecular formula is C9H14N4OS. The summed E-state index contributed by atoms with van der Waals surface area (Å²) in [5, 5.41) is 6.92. The largest absolute Gasteiger partial charge is 0.363 e. The monoisotopic (exact) mass is 226 g/mol. The van der Waals surface area contributed by atoms with E-state index < -0.39 is 0 Å². The normalized spacial score (nSPS) is 20.5. The summed E-state index contributed by atoms with van der Waals surface area (Å²) in [6, 6.07) is 0. The zero-order chi connectivity index (χ0) is 11.0. The predicted molar refractivity (Wildman–Crippen MR) is 60.9 cm³/mol. The van der Waals surface area contributed by atoms with Crippen LogP contribution in [0.3, 0.4) is 0 Å². The summed E-state index contributed by atoms with van der Waals surface area (Å²) in [5.74, 6) is 0.931. The highest BCUT2D eigenvalue weighted by molar-refractivity contribution is 7.80. The lowest BCUT2D eigenvalue weighted by Gasteiger charge is -2.30. The highest BCUT2D eigenvalue weighted by Gasteiger charge is 2.29. The van der Waals surface area contributed by atoms with Crippen molar-refractivity contribution in [3.8, 4) is 0 Å². The number of nitrogens with one attached hydrogen (secondary N) is 2. The fourth-order valence-electron chi connectivity index (χ4n) is 1.48. The molecule has 0 aromatic rings. The maximum absolute atomic E-state index is 5.34. The lowest BCUT2D eigenvalue weighted by molar-refractivity contribution is 0.0426. The highest BCUT2D eigenvalue weighted by atomic mass is 32.1. The molecule has 0 atom stereocenters. The van der Waals surface area contributed by atoms with Gasteiger partial charge in [-0.1, -0.05) is 12.2 Å². The summed E-state index contributed by atoms with van der Waals surface area (Å²) in [7, 11) is 1.65. The molecule has 0 aromatic heterocycles. The standard InChI is InChI=1S/C9H14N4OS/c1-6-7(2)10-8-4-12(5-14-3)11-13(8)9(6)15/h4,10-11H,5H2,1-3H3. The molecule has 0 unspecified atom stereocenters. The van der Waals surface area contributed by atoms with Crippen molar-refractivity contribution in [1.82, 2.24) is 20.9 Å². The van der Waals surface area contributed by atoms with Crippen LogP contribution in [0.15, 0.2) is 23.3 Å². The van der Waals surface area contributed by atoms with E-state index in [2.05, 4.69) is 10.9 Å². The number of hydrazine groups is 2. The maximum atomic E-state index is 5.34. The van der Waals surface area contributed by atoms with Gasteiger partial charge in [-0.25, -0.2) is 5.01 Å². The third-order valence-corrected chi connectivity index (χ3v) is 2.91. The number of nitrogens with zero attached hydrogens (tertiary/aromatic N) is 2. The minimum Gasteiger partial charge on any atom is -0.363 e. The fraction of sp³-hybridized carbons (Fsp3) is 0.444. The molecule has 0 aliphatic carbocycles. The van der Waals surface area contributed by atoms with E-state index in [9.17, 15) is 0 Å². The van der Waals surface area contributed by atoms with Gasteiger partial charge in [0, 0.05) is 18.4 Å². The van der Waals surface area contributed by atoms with E-state index >= 15 is 0 Å². The van der Waals surface area contributed by atoms with Gasteiger partial charge in [0.15, 0.2) is 0 Å². The average molecular weight is 226 g/mol. The van der Waals surface area contributed by atoms with Gasteiger partial charge in [-0.3, -0.25) is 5.01 Å². The van der Waals surface area contributed by atoms with Crippen molar-refractivity contribution in [2.24, 2.45) is 0 Å². The Morgan fingerprint density at radius 1 is 1.47 bits per heavy atom. The van der Waals surface area contributed by atoms with Crippen LogP contribution < -0.4 is 10.9 Å². The van der Waals surface area contributed by atoms with E-state index in [0.29, 0.717) is 6.73 Å². The van der Waals surface area contributed by atoms with Crippen LogP contribution in [0.4, 0.5) is 0 Å². The Balaban J connectivity index is 2.20. The minimum atomic E-state index is 0.475. The second-order valence-corrected chi connectivity index (χ2v) is 3.90. The topological polar surface area (TPSA) is 39.8 Å². The number of ether oxygens (including phenoxy) is 1. The van der Waals surface area contributed by atoms with E-state index in [1.165, 1.54) is 0 Å². The lowest BCUT2D eigenvalue weighted by Crippen LogP contribution is -2.48. The van der Waals surface area contributed by atoms with Gasteiger partial charge in [0.25, 0.3) is 0 Å². The van der Waals surface area contributed by atoms with Gasteiger partial charge in [0.1, 0.15) is 17.5 Å². The zero-order valence-electron chi connectivity index (χ0n) is 9.00. The molecule has 0 amide bonds. The number of hydrogen-bond acceptors (Lipinski definition) is 5. The summed E-state index contributed by atoms with van der Waals surface area (Å²) >= 11 is 5.34. The van der Waals surface area contributed by atoms with E-state index in [1.54, 1.807) is 7.11 Å². The van der Waals surface area contributed by atoms with Gasteiger partial charge in [0.2, 0.25) is 0 Å². The molecule has 2 aliphatic heterocycles. The van der Waals surface area contributed by atoms with E-state index in [1.807, 2.05) is 30.1 Å². The molecule has 5 nitrogen and oxygen atoms in total. The van der Waals surface area contributed by atoms with E-state index in [4.69, 9.17) is 17.0 Å². The molecule has 6 heteroatoms. The molecule has 0 radical (unpaired) electrons. The van der Waals surface area contributed by atoms with Crippen LogP contribution >= 0.6 is 12.2 Å². The number of methoxy groups -OCH3 is 1.